The molecular weight excluding hydrogens is 568 g/mol. The molecule has 9 aromatic rings. The lowest BCUT2D eigenvalue weighted by molar-refractivity contribution is 0.615. The molecule has 9 rings (SSSR count). The number of hydrogen-bond acceptors (Lipinski definition) is 6. The second-order valence-electron chi connectivity index (χ2n) is 11.0. The molecule has 0 bridgehead atoms. The van der Waals surface area contributed by atoms with Gasteiger partial charge in [-0.05, 0) is 35.4 Å². The van der Waals surface area contributed by atoms with Crippen LogP contribution in [-0.2, 0) is 0 Å². The maximum atomic E-state index is 6.87. The number of nitrogens with zero attached hydrogens (tertiary/aromatic N) is 4. The van der Waals surface area contributed by atoms with E-state index in [9.17, 15) is 0 Å². The van der Waals surface area contributed by atoms with Gasteiger partial charge in [-0.3, -0.25) is 0 Å². The highest BCUT2D eigenvalue weighted by Crippen LogP contribution is 2.44. The molecule has 0 atom stereocenters. The minimum absolute atomic E-state index is 0.504. The Kier molecular flexibility index (Phi) is 6.03. The van der Waals surface area contributed by atoms with Gasteiger partial charge in [-0.1, -0.05) is 121 Å². The second-order valence-corrected chi connectivity index (χ2v) is 11.0. The smallest absolute Gasteiger partial charge is 0.231 e. The summed E-state index contributed by atoms with van der Waals surface area (Å²) in [7, 11) is 0. The molecule has 0 spiro atoms. The summed E-state index contributed by atoms with van der Waals surface area (Å²) in [5.74, 6) is 2.22. The van der Waals surface area contributed by atoms with E-state index >= 15 is 0 Å². The molecule has 6 aromatic carbocycles. The van der Waals surface area contributed by atoms with Gasteiger partial charge in [0.25, 0.3) is 0 Å². The number of fused-ring (bicyclic) bond motifs is 4. The highest BCUT2D eigenvalue weighted by molar-refractivity contribution is 6.18. The molecule has 0 unspecified atom stereocenters. The molecule has 0 aliphatic carbocycles. The largest absolute Gasteiger partial charge is 0.454 e. The van der Waals surface area contributed by atoms with Gasteiger partial charge in [0.05, 0.1) is 11.1 Å². The SMILES string of the molecule is c1ccc(-c2nc(-c3ccccc3)nc(-c3cccc4c3oc3c(-c5nc6ccccc6o5)ccc(-c5ccccc5)c34)n2)cc1. The summed E-state index contributed by atoms with van der Waals surface area (Å²) in [5, 5.41) is 1.93. The fourth-order valence-corrected chi connectivity index (χ4v) is 6.02. The Morgan fingerprint density at radius 3 is 1.63 bits per heavy atom. The van der Waals surface area contributed by atoms with Crippen molar-refractivity contribution in [3.05, 3.63) is 146 Å². The summed E-state index contributed by atoms with van der Waals surface area (Å²) in [6.07, 6.45) is 0. The molecule has 0 aliphatic heterocycles. The molecule has 3 aromatic heterocycles. The van der Waals surface area contributed by atoms with E-state index in [1.54, 1.807) is 0 Å². The van der Waals surface area contributed by atoms with Crippen molar-refractivity contribution in [2.45, 2.75) is 0 Å². The summed E-state index contributed by atoms with van der Waals surface area (Å²) in [6, 6.07) is 48.3. The van der Waals surface area contributed by atoms with Crippen molar-refractivity contribution in [3.63, 3.8) is 0 Å². The van der Waals surface area contributed by atoms with Crippen LogP contribution in [0.5, 0.6) is 0 Å². The predicted molar refractivity (Wildman–Crippen MR) is 182 cm³/mol. The van der Waals surface area contributed by atoms with Crippen LogP contribution >= 0.6 is 0 Å². The molecule has 6 heteroatoms. The molecule has 0 amide bonds. The lowest BCUT2D eigenvalue weighted by atomic mass is 9.96. The van der Waals surface area contributed by atoms with Crippen LogP contribution in [0.25, 0.3) is 89.8 Å². The van der Waals surface area contributed by atoms with Crippen molar-refractivity contribution in [1.29, 1.82) is 0 Å². The molecule has 46 heavy (non-hydrogen) atoms. The maximum Gasteiger partial charge on any atom is 0.231 e. The van der Waals surface area contributed by atoms with Gasteiger partial charge in [-0.25, -0.2) is 19.9 Å². The van der Waals surface area contributed by atoms with Crippen LogP contribution in [0.3, 0.4) is 0 Å². The Morgan fingerprint density at radius 2 is 0.957 bits per heavy atom. The molecule has 0 saturated heterocycles. The summed E-state index contributed by atoms with van der Waals surface area (Å²) >= 11 is 0. The van der Waals surface area contributed by atoms with Crippen LogP contribution in [0.1, 0.15) is 0 Å². The van der Waals surface area contributed by atoms with Crippen molar-refractivity contribution < 1.29 is 8.83 Å². The van der Waals surface area contributed by atoms with E-state index in [1.165, 1.54) is 0 Å². The van der Waals surface area contributed by atoms with Gasteiger partial charge < -0.3 is 8.83 Å². The van der Waals surface area contributed by atoms with Crippen molar-refractivity contribution in [1.82, 2.24) is 19.9 Å². The van der Waals surface area contributed by atoms with E-state index in [2.05, 4.69) is 24.3 Å². The monoisotopic (exact) mass is 592 g/mol. The lowest BCUT2D eigenvalue weighted by Crippen LogP contribution is -2.00. The Hall–Kier alpha value is -6.40. The van der Waals surface area contributed by atoms with Crippen LogP contribution in [-0.4, -0.2) is 19.9 Å². The minimum atomic E-state index is 0.504. The fourth-order valence-electron chi connectivity index (χ4n) is 6.02. The zero-order chi connectivity index (χ0) is 30.5. The van der Waals surface area contributed by atoms with Crippen LogP contribution < -0.4 is 0 Å². The van der Waals surface area contributed by atoms with Gasteiger partial charge >= 0.3 is 0 Å². The summed E-state index contributed by atoms with van der Waals surface area (Å²) < 4.78 is 13.1. The first kappa shape index (κ1) is 26.0. The highest BCUT2D eigenvalue weighted by Gasteiger charge is 2.23. The van der Waals surface area contributed by atoms with Crippen molar-refractivity contribution in [3.8, 4) is 56.7 Å². The van der Waals surface area contributed by atoms with Crippen LogP contribution in [0, 0.1) is 0 Å². The quantitative estimate of drug-likeness (QED) is 0.198. The summed E-state index contributed by atoms with van der Waals surface area (Å²) in [4.78, 5) is 19.7. The third-order valence-electron chi connectivity index (χ3n) is 8.20. The van der Waals surface area contributed by atoms with Gasteiger partial charge in [0.2, 0.25) is 5.89 Å². The van der Waals surface area contributed by atoms with E-state index < -0.39 is 0 Å². The highest BCUT2D eigenvalue weighted by atomic mass is 16.4. The number of benzene rings is 6. The molecule has 0 saturated carbocycles. The van der Waals surface area contributed by atoms with Crippen LogP contribution in [0.2, 0.25) is 0 Å². The molecular formula is C40H24N4O2. The fraction of sp³-hybridized carbons (Fsp3) is 0. The molecule has 6 nitrogen and oxygen atoms in total. The Morgan fingerprint density at radius 1 is 0.370 bits per heavy atom. The third kappa shape index (κ3) is 4.35. The van der Waals surface area contributed by atoms with Crippen molar-refractivity contribution in [2.75, 3.05) is 0 Å². The van der Waals surface area contributed by atoms with Gasteiger partial charge in [0, 0.05) is 21.9 Å². The van der Waals surface area contributed by atoms with Gasteiger partial charge in [-0.2, -0.15) is 0 Å². The number of oxazole rings is 1. The molecule has 0 aliphatic rings. The number of hydrogen-bond donors (Lipinski definition) is 0. The number of furan rings is 1. The van der Waals surface area contributed by atoms with Gasteiger partial charge in [-0.15, -0.1) is 0 Å². The first-order chi connectivity index (χ1) is 22.8. The Balaban J connectivity index is 1.33. The maximum absolute atomic E-state index is 6.87. The van der Waals surface area contributed by atoms with E-state index in [4.69, 9.17) is 28.8 Å². The zero-order valence-electron chi connectivity index (χ0n) is 24.5. The number of rotatable bonds is 5. The standard InChI is InChI=1S/C40H24N4O2/c1-4-13-25(14-5-1)28-23-24-31(40-41-32-21-10-11-22-33(32)45-40)36-34(28)29-19-12-20-30(35(29)46-36)39-43-37(26-15-6-2-7-16-26)42-38(44-39)27-17-8-3-9-18-27/h1-24H. The number of para-hydroxylation sites is 3. The van der Waals surface area contributed by atoms with E-state index in [-0.39, 0.29) is 0 Å². The molecule has 0 N–H and O–H groups in total. The van der Waals surface area contributed by atoms with E-state index in [1.807, 2.05) is 121 Å². The topological polar surface area (TPSA) is 77.8 Å². The van der Waals surface area contributed by atoms with E-state index in [0.717, 1.165) is 55.3 Å². The van der Waals surface area contributed by atoms with Crippen LogP contribution in [0.4, 0.5) is 0 Å². The second kappa shape index (κ2) is 10.6. The van der Waals surface area contributed by atoms with E-state index in [0.29, 0.717) is 34.5 Å². The van der Waals surface area contributed by atoms with Crippen LogP contribution in [0.15, 0.2) is 154 Å². The molecule has 3 heterocycles. The molecule has 0 fully saturated rings. The number of aromatic nitrogens is 4. The van der Waals surface area contributed by atoms with Gasteiger partial charge in [0.15, 0.2) is 23.1 Å². The van der Waals surface area contributed by atoms with Crippen molar-refractivity contribution >= 4 is 33.0 Å². The van der Waals surface area contributed by atoms with Gasteiger partial charge in [0.1, 0.15) is 16.7 Å². The summed E-state index contributed by atoms with van der Waals surface area (Å²) in [6.45, 7) is 0. The predicted octanol–water partition coefficient (Wildman–Crippen LogP) is 10.2. The van der Waals surface area contributed by atoms with Crippen molar-refractivity contribution in [2.24, 2.45) is 0 Å². The zero-order valence-corrected chi connectivity index (χ0v) is 24.5. The average Bonchev–Trinajstić information content (AvgIpc) is 3.75. The Bertz CT molecular complexity index is 2430. The molecule has 0 radical (unpaired) electrons. The minimum Gasteiger partial charge on any atom is -0.454 e. The Labute approximate surface area is 263 Å². The lowest BCUT2D eigenvalue weighted by Gasteiger charge is -2.08. The first-order valence-corrected chi connectivity index (χ1v) is 15.1. The average molecular weight is 593 g/mol. The summed E-state index contributed by atoms with van der Waals surface area (Å²) in [5.41, 5.74) is 8.39. The molecule has 216 valence electrons. The normalized spacial score (nSPS) is 11.5. The third-order valence-corrected chi connectivity index (χ3v) is 8.20. The first-order valence-electron chi connectivity index (χ1n) is 15.1.